The van der Waals surface area contributed by atoms with Gasteiger partial charge in [-0.1, -0.05) is 18.5 Å². The van der Waals surface area contributed by atoms with E-state index in [0.717, 1.165) is 0 Å². The van der Waals surface area contributed by atoms with Gasteiger partial charge in [0.2, 0.25) is 10.0 Å². The molecular formula is C9H9ClN2O2S. The first-order valence-corrected chi connectivity index (χ1v) is 6.06. The number of nitriles is 1. The van der Waals surface area contributed by atoms with Gasteiger partial charge in [0.25, 0.3) is 0 Å². The lowest BCUT2D eigenvalue weighted by molar-refractivity contribution is 0.584. The molecule has 4 nitrogen and oxygen atoms in total. The molecule has 6 heteroatoms. The Morgan fingerprint density at radius 2 is 2.20 bits per heavy atom. The van der Waals surface area contributed by atoms with Gasteiger partial charge in [0.05, 0.1) is 16.7 Å². The molecule has 0 fully saturated rings. The van der Waals surface area contributed by atoms with E-state index in [1.807, 2.05) is 6.07 Å². The summed E-state index contributed by atoms with van der Waals surface area (Å²) in [5, 5.41) is 8.75. The zero-order valence-electron chi connectivity index (χ0n) is 7.99. The fourth-order valence-electron chi connectivity index (χ4n) is 1.05. The molecule has 1 aromatic rings. The quantitative estimate of drug-likeness (QED) is 0.876. The SMILES string of the molecule is CCNS(=O)(=O)c1cc(C#N)ccc1Cl. The molecule has 80 valence electrons. The molecule has 0 aliphatic rings. The van der Waals surface area contributed by atoms with Crippen molar-refractivity contribution in [3.8, 4) is 6.07 Å². The van der Waals surface area contributed by atoms with Crippen molar-refractivity contribution in [2.24, 2.45) is 0 Å². The van der Waals surface area contributed by atoms with Gasteiger partial charge >= 0.3 is 0 Å². The van der Waals surface area contributed by atoms with E-state index in [4.69, 9.17) is 16.9 Å². The van der Waals surface area contributed by atoms with Gasteiger partial charge in [-0.2, -0.15) is 5.26 Å². The lowest BCUT2D eigenvalue weighted by Crippen LogP contribution is -2.23. The Bertz CT molecular complexity index is 505. The molecule has 0 atom stereocenters. The molecule has 0 bridgehead atoms. The normalized spacial score (nSPS) is 11.0. The first kappa shape index (κ1) is 12.0. The zero-order valence-corrected chi connectivity index (χ0v) is 9.56. The minimum atomic E-state index is -3.61. The summed E-state index contributed by atoms with van der Waals surface area (Å²) >= 11 is 5.74. The van der Waals surface area contributed by atoms with Crippen LogP contribution in [0.25, 0.3) is 0 Å². The smallest absolute Gasteiger partial charge is 0.211 e. The second-order valence-electron chi connectivity index (χ2n) is 2.76. The summed E-state index contributed by atoms with van der Waals surface area (Å²) in [5.41, 5.74) is 0.260. The fraction of sp³-hybridized carbons (Fsp3) is 0.222. The first-order valence-electron chi connectivity index (χ1n) is 4.20. The summed E-state index contributed by atoms with van der Waals surface area (Å²) in [6.45, 7) is 1.94. The number of nitrogens with zero attached hydrogens (tertiary/aromatic N) is 1. The Morgan fingerprint density at radius 3 is 2.73 bits per heavy atom. The average Bonchev–Trinajstić information content (AvgIpc) is 2.18. The van der Waals surface area contributed by atoms with E-state index in [1.165, 1.54) is 18.2 Å². The molecule has 0 heterocycles. The van der Waals surface area contributed by atoms with Crippen molar-refractivity contribution in [3.05, 3.63) is 28.8 Å². The van der Waals surface area contributed by atoms with E-state index in [1.54, 1.807) is 6.92 Å². The molecule has 0 radical (unpaired) electrons. The average molecular weight is 245 g/mol. The fourth-order valence-corrected chi connectivity index (χ4v) is 2.61. The van der Waals surface area contributed by atoms with Crippen LogP contribution in [0.1, 0.15) is 12.5 Å². The van der Waals surface area contributed by atoms with Crippen molar-refractivity contribution in [1.29, 1.82) is 5.26 Å². The first-order chi connectivity index (χ1) is 7.01. The van der Waals surface area contributed by atoms with Crippen LogP contribution in [0, 0.1) is 11.3 Å². The van der Waals surface area contributed by atoms with Crippen LogP contribution in [-0.2, 0) is 10.0 Å². The molecule has 1 N–H and O–H groups in total. The number of hydrogen-bond acceptors (Lipinski definition) is 3. The molecule has 0 aliphatic heterocycles. The predicted molar refractivity (Wildman–Crippen MR) is 57.0 cm³/mol. The van der Waals surface area contributed by atoms with Crippen LogP contribution in [0.5, 0.6) is 0 Å². The molecule has 0 spiro atoms. The van der Waals surface area contributed by atoms with Crippen molar-refractivity contribution in [3.63, 3.8) is 0 Å². The molecule has 0 unspecified atom stereocenters. The van der Waals surface area contributed by atoms with Gasteiger partial charge in [-0.3, -0.25) is 0 Å². The third kappa shape index (κ3) is 2.69. The summed E-state index contributed by atoms with van der Waals surface area (Å²) in [6, 6.07) is 5.97. The number of nitrogens with one attached hydrogen (secondary N) is 1. The molecule has 15 heavy (non-hydrogen) atoms. The number of sulfonamides is 1. The molecule has 0 saturated heterocycles. The van der Waals surface area contributed by atoms with Crippen LogP contribution in [0.2, 0.25) is 5.02 Å². The Kier molecular flexibility index (Phi) is 3.69. The lowest BCUT2D eigenvalue weighted by Gasteiger charge is -2.06. The third-order valence-electron chi connectivity index (χ3n) is 1.68. The van der Waals surface area contributed by atoms with E-state index in [2.05, 4.69) is 4.72 Å². The molecule has 0 saturated carbocycles. The maximum Gasteiger partial charge on any atom is 0.242 e. The minimum Gasteiger partial charge on any atom is -0.211 e. The van der Waals surface area contributed by atoms with Crippen LogP contribution < -0.4 is 4.72 Å². The lowest BCUT2D eigenvalue weighted by atomic mass is 10.2. The summed E-state index contributed by atoms with van der Waals surface area (Å²) in [7, 11) is -3.61. The van der Waals surface area contributed by atoms with Crippen molar-refractivity contribution in [1.82, 2.24) is 4.72 Å². The van der Waals surface area contributed by atoms with Crippen LogP contribution in [0.4, 0.5) is 0 Å². The van der Waals surface area contributed by atoms with Crippen molar-refractivity contribution >= 4 is 21.6 Å². The van der Waals surface area contributed by atoms with Crippen LogP contribution in [0.3, 0.4) is 0 Å². The summed E-state index contributed by atoms with van der Waals surface area (Å²) in [6.07, 6.45) is 0. The number of rotatable bonds is 3. The Morgan fingerprint density at radius 1 is 1.53 bits per heavy atom. The molecule has 1 rings (SSSR count). The van der Waals surface area contributed by atoms with Crippen LogP contribution >= 0.6 is 11.6 Å². The van der Waals surface area contributed by atoms with Gasteiger partial charge in [-0.25, -0.2) is 13.1 Å². The highest BCUT2D eigenvalue weighted by Crippen LogP contribution is 2.22. The van der Waals surface area contributed by atoms with Crippen molar-refractivity contribution in [2.45, 2.75) is 11.8 Å². The zero-order chi connectivity index (χ0) is 11.5. The second-order valence-corrected chi connectivity index (χ2v) is 4.90. The van der Waals surface area contributed by atoms with E-state index in [9.17, 15) is 8.42 Å². The summed E-state index contributed by atoms with van der Waals surface area (Å²) in [5.74, 6) is 0. The van der Waals surface area contributed by atoms with Crippen LogP contribution in [0.15, 0.2) is 23.1 Å². The Balaban J connectivity index is 3.31. The van der Waals surface area contributed by atoms with E-state index in [-0.39, 0.29) is 22.0 Å². The standard InChI is InChI=1S/C9H9ClN2O2S/c1-2-12-15(13,14)9-5-7(6-11)3-4-8(9)10/h3-5,12H,2H2,1H3. The van der Waals surface area contributed by atoms with Gasteiger partial charge in [0.15, 0.2) is 0 Å². The van der Waals surface area contributed by atoms with Gasteiger partial charge in [-0.05, 0) is 18.2 Å². The van der Waals surface area contributed by atoms with Crippen molar-refractivity contribution in [2.75, 3.05) is 6.54 Å². The number of halogens is 1. The van der Waals surface area contributed by atoms with Crippen molar-refractivity contribution < 1.29 is 8.42 Å². The largest absolute Gasteiger partial charge is 0.242 e. The van der Waals surface area contributed by atoms with Gasteiger partial charge in [-0.15, -0.1) is 0 Å². The highest BCUT2D eigenvalue weighted by Gasteiger charge is 2.17. The highest BCUT2D eigenvalue weighted by molar-refractivity contribution is 7.89. The highest BCUT2D eigenvalue weighted by atomic mass is 35.5. The topological polar surface area (TPSA) is 70.0 Å². The van der Waals surface area contributed by atoms with Gasteiger partial charge in [0.1, 0.15) is 4.90 Å². The van der Waals surface area contributed by atoms with Gasteiger partial charge in [0, 0.05) is 6.54 Å². The molecule has 0 aromatic heterocycles. The molecule has 0 aliphatic carbocycles. The maximum absolute atomic E-state index is 11.6. The summed E-state index contributed by atoms with van der Waals surface area (Å²) in [4.78, 5) is -0.0648. The maximum atomic E-state index is 11.6. The molecule has 1 aromatic carbocycles. The number of hydrogen-bond donors (Lipinski definition) is 1. The van der Waals surface area contributed by atoms with E-state index < -0.39 is 10.0 Å². The van der Waals surface area contributed by atoms with E-state index in [0.29, 0.717) is 0 Å². The van der Waals surface area contributed by atoms with Gasteiger partial charge < -0.3 is 0 Å². The monoisotopic (exact) mass is 244 g/mol. The summed E-state index contributed by atoms with van der Waals surface area (Å²) < 4.78 is 25.5. The predicted octanol–water partition coefficient (Wildman–Crippen LogP) is 1.51. The van der Waals surface area contributed by atoms with E-state index >= 15 is 0 Å². The molecular weight excluding hydrogens is 236 g/mol. The van der Waals surface area contributed by atoms with Crippen LogP contribution in [-0.4, -0.2) is 15.0 Å². The number of benzene rings is 1. The Labute approximate surface area is 93.5 Å². The third-order valence-corrected chi connectivity index (χ3v) is 3.71. The Hall–Kier alpha value is -1.09. The molecule has 0 amide bonds. The minimum absolute atomic E-state index is 0.0648. The second kappa shape index (κ2) is 4.62.